The van der Waals surface area contributed by atoms with E-state index in [9.17, 15) is 8.78 Å². The molecule has 0 radical (unpaired) electrons. The zero-order chi connectivity index (χ0) is 13.1. The van der Waals surface area contributed by atoms with Crippen molar-refractivity contribution in [2.45, 2.75) is 0 Å². The van der Waals surface area contributed by atoms with Gasteiger partial charge in [-0.2, -0.15) is 5.26 Å². The first-order valence-electron chi connectivity index (χ1n) is 4.99. The molecular formula is C12H8F2N4. The molecule has 18 heavy (non-hydrogen) atoms. The van der Waals surface area contributed by atoms with Gasteiger partial charge in [-0.3, -0.25) is 0 Å². The maximum Gasteiger partial charge on any atom is 0.165 e. The van der Waals surface area contributed by atoms with Crippen molar-refractivity contribution in [3.05, 3.63) is 47.7 Å². The summed E-state index contributed by atoms with van der Waals surface area (Å²) in [5.41, 5.74) is 5.37. The third kappa shape index (κ3) is 2.20. The molecule has 1 heterocycles. The number of hydrogen-bond acceptors (Lipinski definition) is 4. The van der Waals surface area contributed by atoms with Crippen molar-refractivity contribution < 1.29 is 8.78 Å². The number of para-hydroxylation sites is 1. The SMILES string of the molecule is N#Cc1nc(Nc2c(F)cccc2F)ccc1N. The van der Waals surface area contributed by atoms with Crippen molar-refractivity contribution in [2.75, 3.05) is 11.1 Å². The topological polar surface area (TPSA) is 74.7 Å². The van der Waals surface area contributed by atoms with Crippen LogP contribution in [0.2, 0.25) is 0 Å². The van der Waals surface area contributed by atoms with Crippen LogP contribution in [-0.4, -0.2) is 4.98 Å². The quantitative estimate of drug-likeness (QED) is 0.853. The van der Waals surface area contributed by atoms with Gasteiger partial charge in [-0.05, 0) is 24.3 Å². The van der Waals surface area contributed by atoms with Crippen molar-refractivity contribution in [2.24, 2.45) is 0 Å². The van der Waals surface area contributed by atoms with E-state index in [1.165, 1.54) is 18.2 Å². The number of halogens is 2. The second-order valence-electron chi connectivity index (χ2n) is 3.47. The largest absolute Gasteiger partial charge is 0.396 e. The predicted octanol–water partition coefficient (Wildman–Crippen LogP) is 2.56. The number of nitrogen functional groups attached to an aromatic ring is 1. The van der Waals surface area contributed by atoms with Crippen LogP contribution in [-0.2, 0) is 0 Å². The van der Waals surface area contributed by atoms with Gasteiger partial charge in [-0.1, -0.05) is 6.07 Å². The molecule has 1 aromatic carbocycles. The smallest absolute Gasteiger partial charge is 0.165 e. The third-order valence-electron chi connectivity index (χ3n) is 2.25. The molecule has 0 spiro atoms. The summed E-state index contributed by atoms with van der Waals surface area (Å²) in [5.74, 6) is -1.34. The van der Waals surface area contributed by atoms with E-state index in [-0.39, 0.29) is 22.9 Å². The summed E-state index contributed by atoms with van der Waals surface area (Å²) in [6, 6.07) is 8.15. The Morgan fingerprint density at radius 2 is 1.83 bits per heavy atom. The number of anilines is 3. The van der Waals surface area contributed by atoms with E-state index in [0.29, 0.717) is 0 Å². The van der Waals surface area contributed by atoms with Gasteiger partial charge in [0.15, 0.2) is 5.69 Å². The summed E-state index contributed by atoms with van der Waals surface area (Å²) < 4.78 is 26.8. The number of rotatable bonds is 2. The number of nitrogens with one attached hydrogen (secondary N) is 1. The van der Waals surface area contributed by atoms with Crippen LogP contribution >= 0.6 is 0 Å². The van der Waals surface area contributed by atoms with Crippen LogP contribution in [0.1, 0.15) is 5.69 Å². The fourth-order valence-electron chi connectivity index (χ4n) is 1.37. The molecule has 4 nitrogen and oxygen atoms in total. The molecule has 0 saturated carbocycles. The van der Waals surface area contributed by atoms with E-state index in [4.69, 9.17) is 11.0 Å². The van der Waals surface area contributed by atoms with Crippen LogP contribution in [0, 0.1) is 23.0 Å². The highest BCUT2D eigenvalue weighted by atomic mass is 19.1. The Balaban J connectivity index is 2.38. The molecular weight excluding hydrogens is 238 g/mol. The van der Waals surface area contributed by atoms with Crippen molar-refractivity contribution in [1.82, 2.24) is 4.98 Å². The first kappa shape index (κ1) is 11.8. The van der Waals surface area contributed by atoms with Crippen LogP contribution < -0.4 is 11.1 Å². The maximum absolute atomic E-state index is 13.4. The van der Waals surface area contributed by atoms with Crippen molar-refractivity contribution >= 4 is 17.2 Å². The van der Waals surface area contributed by atoms with Crippen LogP contribution in [0.4, 0.5) is 26.0 Å². The lowest BCUT2D eigenvalue weighted by molar-refractivity contribution is 0.590. The lowest BCUT2D eigenvalue weighted by atomic mass is 10.2. The monoisotopic (exact) mass is 246 g/mol. The van der Waals surface area contributed by atoms with Gasteiger partial charge in [-0.15, -0.1) is 0 Å². The highest BCUT2D eigenvalue weighted by Crippen LogP contribution is 2.23. The minimum Gasteiger partial charge on any atom is -0.396 e. The van der Waals surface area contributed by atoms with E-state index < -0.39 is 11.6 Å². The molecule has 0 atom stereocenters. The van der Waals surface area contributed by atoms with Crippen LogP contribution in [0.5, 0.6) is 0 Å². The van der Waals surface area contributed by atoms with Gasteiger partial charge >= 0.3 is 0 Å². The summed E-state index contributed by atoms with van der Waals surface area (Å²) >= 11 is 0. The Morgan fingerprint density at radius 3 is 2.44 bits per heavy atom. The van der Waals surface area contributed by atoms with Gasteiger partial charge in [0.1, 0.15) is 29.2 Å². The molecule has 0 aliphatic heterocycles. The van der Waals surface area contributed by atoms with Crippen molar-refractivity contribution in [1.29, 1.82) is 5.26 Å². The number of nitriles is 1. The van der Waals surface area contributed by atoms with E-state index in [1.807, 2.05) is 0 Å². The summed E-state index contributed by atoms with van der Waals surface area (Å²) in [7, 11) is 0. The Morgan fingerprint density at radius 1 is 1.17 bits per heavy atom. The van der Waals surface area contributed by atoms with Gasteiger partial charge < -0.3 is 11.1 Å². The molecule has 90 valence electrons. The summed E-state index contributed by atoms with van der Waals surface area (Å²) in [5, 5.41) is 11.2. The standard InChI is InChI=1S/C12H8F2N4/c13-7-2-1-3-8(14)12(7)18-11-5-4-9(16)10(6-15)17-11/h1-5H,16H2,(H,17,18). The first-order chi connectivity index (χ1) is 8.61. The zero-order valence-corrected chi connectivity index (χ0v) is 9.11. The normalized spacial score (nSPS) is 9.83. The van der Waals surface area contributed by atoms with Crippen LogP contribution in [0.3, 0.4) is 0 Å². The average molecular weight is 246 g/mol. The Hall–Kier alpha value is -2.68. The molecule has 0 aliphatic carbocycles. The number of benzene rings is 1. The van der Waals surface area contributed by atoms with Crippen molar-refractivity contribution in [3.8, 4) is 6.07 Å². The van der Waals surface area contributed by atoms with Gasteiger partial charge in [0.05, 0.1) is 5.69 Å². The summed E-state index contributed by atoms with van der Waals surface area (Å²) in [4.78, 5) is 3.84. The first-order valence-corrected chi connectivity index (χ1v) is 4.99. The maximum atomic E-state index is 13.4. The Bertz CT molecular complexity index is 614. The molecule has 0 amide bonds. The molecule has 0 aliphatic rings. The number of nitrogens with two attached hydrogens (primary N) is 1. The molecule has 2 aromatic rings. The highest BCUT2D eigenvalue weighted by molar-refractivity contribution is 5.61. The summed E-state index contributed by atoms with van der Waals surface area (Å²) in [6.45, 7) is 0. The van der Waals surface area contributed by atoms with Crippen LogP contribution in [0.25, 0.3) is 0 Å². The molecule has 1 aromatic heterocycles. The third-order valence-corrected chi connectivity index (χ3v) is 2.25. The molecule has 0 unspecified atom stereocenters. The molecule has 6 heteroatoms. The molecule has 2 rings (SSSR count). The highest BCUT2D eigenvalue weighted by Gasteiger charge is 2.10. The fraction of sp³-hybridized carbons (Fsp3) is 0. The Kier molecular flexibility index (Phi) is 3.06. The van der Waals surface area contributed by atoms with Gasteiger partial charge in [0.25, 0.3) is 0 Å². The average Bonchev–Trinajstić information content (AvgIpc) is 2.36. The van der Waals surface area contributed by atoms with E-state index in [0.717, 1.165) is 12.1 Å². The lowest BCUT2D eigenvalue weighted by Gasteiger charge is -2.08. The Labute approximate surface area is 102 Å². The van der Waals surface area contributed by atoms with Gasteiger partial charge in [-0.25, -0.2) is 13.8 Å². The minimum atomic E-state index is -0.743. The molecule has 3 N–H and O–H groups in total. The second-order valence-corrected chi connectivity index (χ2v) is 3.47. The predicted molar refractivity (Wildman–Crippen MR) is 63.0 cm³/mol. The second kappa shape index (κ2) is 4.67. The summed E-state index contributed by atoms with van der Waals surface area (Å²) in [6.07, 6.45) is 0. The van der Waals surface area contributed by atoms with Crippen LogP contribution in [0.15, 0.2) is 30.3 Å². The van der Waals surface area contributed by atoms with Crippen molar-refractivity contribution in [3.63, 3.8) is 0 Å². The molecule has 0 saturated heterocycles. The molecule has 0 fully saturated rings. The number of nitrogens with zero attached hydrogens (tertiary/aromatic N) is 2. The lowest BCUT2D eigenvalue weighted by Crippen LogP contribution is -2.02. The van der Waals surface area contributed by atoms with E-state index in [2.05, 4.69) is 10.3 Å². The minimum absolute atomic E-state index is 0.00301. The number of pyridine rings is 1. The number of hydrogen-bond donors (Lipinski definition) is 2. The fourth-order valence-corrected chi connectivity index (χ4v) is 1.37. The van der Waals surface area contributed by atoms with Gasteiger partial charge in [0, 0.05) is 0 Å². The number of aromatic nitrogens is 1. The van der Waals surface area contributed by atoms with Gasteiger partial charge in [0.2, 0.25) is 0 Å². The molecule has 0 bridgehead atoms. The zero-order valence-electron chi connectivity index (χ0n) is 9.11. The van der Waals surface area contributed by atoms with E-state index >= 15 is 0 Å². The van der Waals surface area contributed by atoms with E-state index in [1.54, 1.807) is 6.07 Å².